The normalized spacial score (nSPS) is 37.8. The molecule has 0 radical (unpaired) electrons. The number of fused-ring (bicyclic) bond motifs is 2. The zero-order valence-corrected chi connectivity index (χ0v) is 34.4. The van der Waals surface area contributed by atoms with Crippen molar-refractivity contribution in [2.45, 2.75) is 128 Å². The molecule has 1 aromatic carbocycles. The predicted molar refractivity (Wildman–Crippen MR) is 210 cm³/mol. The van der Waals surface area contributed by atoms with E-state index in [4.69, 9.17) is 28.7 Å². The van der Waals surface area contributed by atoms with Gasteiger partial charge < -0.3 is 33.7 Å². The molecule has 1 unspecified atom stereocenters. The first-order chi connectivity index (χ1) is 27.0. The highest BCUT2D eigenvalue weighted by atomic mass is 19.1. The second-order valence-electron chi connectivity index (χ2n) is 16.7. The molecule has 57 heavy (non-hydrogen) atoms. The summed E-state index contributed by atoms with van der Waals surface area (Å²) in [6.45, 7) is 13.0. The lowest BCUT2D eigenvalue weighted by molar-refractivity contribution is -0.296. The highest BCUT2D eigenvalue weighted by Gasteiger charge is 2.60. The monoisotopic (exact) mass is 792 g/mol. The van der Waals surface area contributed by atoms with Crippen LogP contribution in [0, 0.1) is 29.6 Å². The number of likely N-dealkylation sites (N-methyl/N-ethyl adjacent to an activating group) is 1. The van der Waals surface area contributed by atoms with Crippen molar-refractivity contribution < 1.29 is 47.6 Å². The number of Topliss-reactive ketones (excluding diaryl/α,β-unsaturated/α-hetero) is 1. The maximum Gasteiger partial charge on any atom is 0.410 e. The van der Waals surface area contributed by atoms with Crippen LogP contribution in [0.15, 0.2) is 41.5 Å². The Bertz CT molecular complexity index is 1920. The van der Waals surface area contributed by atoms with Crippen molar-refractivity contribution in [3.8, 4) is 11.8 Å². The molecule has 0 saturated carbocycles. The van der Waals surface area contributed by atoms with E-state index in [-0.39, 0.29) is 50.0 Å². The van der Waals surface area contributed by atoms with E-state index in [1.54, 1.807) is 31.9 Å². The Balaban J connectivity index is 1.43. The van der Waals surface area contributed by atoms with Crippen LogP contribution >= 0.6 is 0 Å². The molecule has 310 valence electrons. The number of cyclic esters (lactones) is 1. The summed E-state index contributed by atoms with van der Waals surface area (Å²) >= 11 is 0. The van der Waals surface area contributed by atoms with Crippen LogP contribution in [0.5, 0.6) is 0 Å². The van der Waals surface area contributed by atoms with Gasteiger partial charge in [-0.3, -0.25) is 19.7 Å². The molecule has 4 aliphatic heterocycles. The van der Waals surface area contributed by atoms with Gasteiger partial charge in [-0.25, -0.2) is 14.0 Å². The van der Waals surface area contributed by atoms with Gasteiger partial charge in [0.1, 0.15) is 18.8 Å². The molecule has 13 atom stereocenters. The lowest BCUT2D eigenvalue weighted by atomic mass is 9.73. The Labute approximate surface area is 334 Å². The van der Waals surface area contributed by atoms with Crippen molar-refractivity contribution >= 4 is 34.5 Å². The number of esters is 1. The number of ketones is 1. The average Bonchev–Trinajstić information content (AvgIpc) is 3.30. The minimum absolute atomic E-state index is 0.125. The van der Waals surface area contributed by atoms with E-state index in [0.717, 1.165) is 16.6 Å². The number of carbonyl (C=O) groups excluding carboxylic acids is 3. The molecule has 1 aromatic heterocycles. The first kappa shape index (κ1) is 42.6. The van der Waals surface area contributed by atoms with Crippen molar-refractivity contribution in [3.63, 3.8) is 0 Å². The van der Waals surface area contributed by atoms with Crippen LogP contribution in [0.25, 0.3) is 10.9 Å². The molecule has 2 aromatic rings. The molecule has 0 spiro atoms. The summed E-state index contributed by atoms with van der Waals surface area (Å²) in [5.41, 5.74) is -0.486. The van der Waals surface area contributed by atoms with Crippen molar-refractivity contribution in [1.82, 2.24) is 14.8 Å². The van der Waals surface area contributed by atoms with Gasteiger partial charge in [0.2, 0.25) is 0 Å². The first-order valence-corrected chi connectivity index (χ1v) is 20.0. The van der Waals surface area contributed by atoms with Crippen molar-refractivity contribution in [3.05, 3.63) is 42.1 Å². The Morgan fingerprint density at radius 2 is 1.84 bits per heavy atom. The summed E-state index contributed by atoms with van der Waals surface area (Å²) in [4.78, 5) is 54.2. The van der Waals surface area contributed by atoms with E-state index in [2.05, 4.69) is 16.8 Å². The van der Waals surface area contributed by atoms with Crippen LogP contribution in [0.4, 0.5) is 9.18 Å². The largest absolute Gasteiger partial charge is 0.456 e. The van der Waals surface area contributed by atoms with E-state index in [9.17, 15) is 19.5 Å². The van der Waals surface area contributed by atoms with E-state index >= 15 is 4.39 Å². The Hall–Kier alpha value is -4.00. The van der Waals surface area contributed by atoms with Gasteiger partial charge in [-0.15, -0.1) is 0 Å². The summed E-state index contributed by atoms with van der Waals surface area (Å²) in [7, 11) is 3.70. The number of pyridine rings is 1. The van der Waals surface area contributed by atoms with Crippen LogP contribution in [0.3, 0.4) is 0 Å². The van der Waals surface area contributed by atoms with Crippen LogP contribution in [0.2, 0.25) is 0 Å². The number of benzene rings is 1. The molecule has 1 N–H and O–H groups in total. The van der Waals surface area contributed by atoms with Crippen LogP contribution in [-0.2, 0) is 33.3 Å². The molecule has 3 saturated heterocycles. The van der Waals surface area contributed by atoms with Crippen molar-refractivity contribution in [1.29, 1.82) is 0 Å². The summed E-state index contributed by atoms with van der Waals surface area (Å²) in [6, 6.07) is 8.68. The van der Waals surface area contributed by atoms with Crippen LogP contribution < -0.4 is 0 Å². The SMILES string of the molecule is CC[C@@H]1OC(=O)C(F)C(=O)[C@H](C)[C@@H](O[C@@H]2O[C@H](C)C[C@H](N(C)C)[C@H]2O)[C@@](C)(OCC#Cc2cnc3ccccc3c2)C[C@@H](C)C2=NCCN3C(=O)O[C@@]1(C)[C@H]3[C@@H]2C. The number of aliphatic hydroxyl groups is 1. The van der Waals surface area contributed by atoms with Gasteiger partial charge in [0.25, 0.3) is 6.17 Å². The molecule has 5 heterocycles. The third-order valence-electron chi connectivity index (χ3n) is 12.3. The third kappa shape index (κ3) is 8.45. The number of para-hydroxylation sites is 1. The summed E-state index contributed by atoms with van der Waals surface area (Å²) in [6.07, 6.45) is -5.69. The van der Waals surface area contributed by atoms with E-state index in [1.807, 2.05) is 70.1 Å². The third-order valence-corrected chi connectivity index (χ3v) is 12.3. The quantitative estimate of drug-likeness (QED) is 0.246. The van der Waals surface area contributed by atoms with E-state index in [0.29, 0.717) is 18.5 Å². The number of hydrogen-bond donors (Lipinski definition) is 1. The second kappa shape index (κ2) is 17.1. The number of ether oxygens (including phenoxy) is 5. The summed E-state index contributed by atoms with van der Waals surface area (Å²) < 4.78 is 47.7. The highest BCUT2D eigenvalue weighted by Crippen LogP contribution is 2.44. The number of aliphatic hydroxyl groups excluding tert-OH is 1. The van der Waals surface area contributed by atoms with Gasteiger partial charge in [0, 0.05) is 47.3 Å². The minimum Gasteiger partial charge on any atom is -0.456 e. The number of hydrogen-bond acceptors (Lipinski definition) is 12. The lowest BCUT2D eigenvalue weighted by Crippen LogP contribution is -2.60. The van der Waals surface area contributed by atoms with Crippen LogP contribution in [-0.4, -0.2) is 137 Å². The molecule has 14 heteroatoms. The summed E-state index contributed by atoms with van der Waals surface area (Å²) in [5.74, 6) is 1.69. The average molecular weight is 793 g/mol. The fraction of sp³-hybridized carbons (Fsp3) is 0.651. The number of halogens is 1. The molecule has 0 aliphatic carbocycles. The zero-order chi connectivity index (χ0) is 41.4. The second-order valence-corrected chi connectivity index (χ2v) is 16.7. The molecule has 1 amide bonds. The fourth-order valence-corrected chi connectivity index (χ4v) is 9.52. The maximum atomic E-state index is 16.4. The van der Waals surface area contributed by atoms with Gasteiger partial charge in [-0.1, -0.05) is 57.7 Å². The molecule has 2 bridgehead atoms. The Morgan fingerprint density at radius 3 is 2.56 bits per heavy atom. The number of aliphatic imine (C=N–C) groups is 1. The van der Waals surface area contributed by atoms with Gasteiger partial charge in [0.15, 0.2) is 17.7 Å². The number of alkyl halides is 1. The van der Waals surface area contributed by atoms with Gasteiger partial charge in [-0.05, 0) is 72.2 Å². The Morgan fingerprint density at radius 1 is 1.11 bits per heavy atom. The molecular weight excluding hydrogens is 735 g/mol. The summed E-state index contributed by atoms with van der Waals surface area (Å²) in [5, 5.41) is 12.5. The smallest absolute Gasteiger partial charge is 0.410 e. The Kier molecular flexibility index (Phi) is 12.8. The van der Waals surface area contributed by atoms with Crippen molar-refractivity contribution in [2.75, 3.05) is 33.8 Å². The van der Waals surface area contributed by atoms with E-state index in [1.165, 1.54) is 6.92 Å². The standard InChI is InChI=1S/C43H57FN4O9/c1-10-32-43(7)37-26(4)34(45-17-18-48(37)41(52)57-43)24(2)22-42(6,53-19-13-14-28-21-29-15-11-12-16-30(29)46-23-28)38(27(5)35(49)33(44)39(51)55-32)56-40-36(50)31(47(8)9)20-25(3)54-40/h11-12,15-16,21,23-27,31-33,36-38,40,50H,10,17-20,22H2,1-9H3/t24-,25-,26-,27+,31+,32+,33?,36-,37-,38-,40+,42+,43-/m1/s1. The topological polar surface area (TPSA) is 149 Å². The number of rotatable bonds is 6. The molecule has 13 nitrogen and oxygen atoms in total. The zero-order valence-electron chi connectivity index (χ0n) is 34.4. The van der Waals surface area contributed by atoms with E-state index < -0.39 is 71.8 Å². The molecule has 4 aliphatic rings. The molecule has 6 rings (SSSR count). The maximum absolute atomic E-state index is 16.4. The minimum atomic E-state index is -2.70. The number of nitrogens with zero attached hydrogens (tertiary/aromatic N) is 4. The van der Waals surface area contributed by atoms with Gasteiger partial charge in [-0.2, -0.15) is 0 Å². The lowest BCUT2D eigenvalue weighted by Gasteiger charge is -2.47. The first-order valence-electron chi connectivity index (χ1n) is 20.0. The van der Waals surface area contributed by atoms with Crippen molar-refractivity contribution in [2.24, 2.45) is 22.7 Å². The van der Waals surface area contributed by atoms with Gasteiger partial charge in [0.05, 0.1) is 35.9 Å². The number of carbonyl (C=O) groups is 3. The van der Waals surface area contributed by atoms with Gasteiger partial charge >= 0.3 is 12.1 Å². The fourth-order valence-electron chi connectivity index (χ4n) is 9.52. The number of amides is 1. The molecular formula is C43H57FN4O9. The highest BCUT2D eigenvalue weighted by molar-refractivity contribution is 6.03. The molecule has 3 fully saturated rings. The van der Waals surface area contributed by atoms with Crippen LogP contribution in [0.1, 0.15) is 73.3 Å². The predicted octanol–water partition coefficient (Wildman–Crippen LogP) is 4.75. The number of aromatic nitrogens is 1.